The summed E-state index contributed by atoms with van der Waals surface area (Å²) in [5.41, 5.74) is 0.736. The Labute approximate surface area is 135 Å². The lowest BCUT2D eigenvalue weighted by atomic mass is 10.0. The molecular weight excluding hydrogens is 294 g/mol. The molecule has 6 nitrogen and oxygen atoms in total. The van der Waals surface area contributed by atoms with Crippen LogP contribution in [0.1, 0.15) is 47.4 Å². The van der Waals surface area contributed by atoms with Gasteiger partial charge in [-0.15, -0.1) is 0 Å². The van der Waals surface area contributed by atoms with Crippen LogP contribution in [0.15, 0.2) is 24.3 Å². The highest BCUT2D eigenvalue weighted by atomic mass is 16.2. The van der Waals surface area contributed by atoms with Crippen LogP contribution in [-0.4, -0.2) is 35.2 Å². The fourth-order valence-electron chi connectivity index (χ4n) is 2.54. The van der Waals surface area contributed by atoms with Crippen LogP contribution in [0.25, 0.3) is 0 Å². The number of fused-ring (bicyclic) bond motifs is 1. The SMILES string of the molecule is CC(C)C[C@H](C#N)NC(=O)CCN1C(=O)c2ccccc2C1=O. The van der Waals surface area contributed by atoms with Gasteiger partial charge in [0.15, 0.2) is 0 Å². The fourth-order valence-corrected chi connectivity index (χ4v) is 2.54. The van der Waals surface area contributed by atoms with E-state index in [2.05, 4.69) is 5.32 Å². The Hall–Kier alpha value is -2.68. The molecule has 0 aliphatic carbocycles. The molecule has 1 N–H and O–H groups in total. The van der Waals surface area contributed by atoms with Crippen molar-refractivity contribution < 1.29 is 14.4 Å². The molecule has 0 radical (unpaired) electrons. The summed E-state index contributed by atoms with van der Waals surface area (Å²) in [7, 11) is 0. The zero-order valence-corrected chi connectivity index (χ0v) is 13.2. The number of hydrogen-bond acceptors (Lipinski definition) is 4. The van der Waals surface area contributed by atoms with Gasteiger partial charge in [-0.25, -0.2) is 0 Å². The van der Waals surface area contributed by atoms with E-state index in [1.807, 2.05) is 19.9 Å². The minimum absolute atomic E-state index is 0.0119. The van der Waals surface area contributed by atoms with Crippen molar-refractivity contribution in [3.8, 4) is 6.07 Å². The average Bonchev–Trinajstić information content (AvgIpc) is 2.76. The molecule has 0 fully saturated rings. The molecule has 0 unspecified atom stereocenters. The van der Waals surface area contributed by atoms with E-state index in [9.17, 15) is 14.4 Å². The lowest BCUT2D eigenvalue weighted by Crippen LogP contribution is -2.38. The van der Waals surface area contributed by atoms with Crippen LogP contribution in [-0.2, 0) is 4.79 Å². The molecule has 1 aromatic rings. The Morgan fingerprint density at radius 3 is 2.26 bits per heavy atom. The average molecular weight is 313 g/mol. The number of amides is 3. The van der Waals surface area contributed by atoms with E-state index in [0.717, 1.165) is 4.90 Å². The van der Waals surface area contributed by atoms with Crippen LogP contribution >= 0.6 is 0 Å². The minimum Gasteiger partial charge on any atom is -0.340 e. The standard InChI is InChI=1S/C17H19N3O3/c1-11(2)9-12(10-18)19-15(21)7-8-20-16(22)13-5-3-4-6-14(13)17(20)23/h3-6,11-12H,7-9H2,1-2H3,(H,19,21)/t12-/m1/s1. The van der Waals surface area contributed by atoms with Gasteiger partial charge in [0.05, 0.1) is 17.2 Å². The Morgan fingerprint density at radius 2 is 1.78 bits per heavy atom. The van der Waals surface area contributed by atoms with Crippen molar-refractivity contribution in [2.45, 2.75) is 32.7 Å². The number of carbonyl (C=O) groups is 3. The van der Waals surface area contributed by atoms with Gasteiger partial charge in [0.25, 0.3) is 11.8 Å². The summed E-state index contributed by atoms with van der Waals surface area (Å²) in [6, 6.07) is 8.09. The van der Waals surface area contributed by atoms with E-state index in [0.29, 0.717) is 17.5 Å². The lowest BCUT2D eigenvalue weighted by Gasteiger charge is -2.16. The fraction of sp³-hybridized carbons (Fsp3) is 0.412. The smallest absolute Gasteiger partial charge is 0.261 e. The van der Waals surface area contributed by atoms with Crippen molar-refractivity contribution in [1.29, 1.82) is 5.26 Å². The van der Waals surface area contributed by atoms with Crippen LogP contribution in [0.5, 0.6) is 0 Å². The Bertz CT molecular complexity index is 641. The highest BCUT2D eigenvalue weighted by Crippen LogP contribution is 2.22. The van der Waals surface area contributed by atoms with E-state index in [1.54, 1.807) is 24.3 Å². The van der Waals surface area contributed by atoms with Gasteiger partial charge in [0.2, 0.25) is 5.91 Å². The van der Waals surface area contributed by atoms with Crippen molar-refractivity contribution in [3.63, 3.8) is 0 Å². The molecule has 1 heterocycles. The monoisotopic (exact) mass is 313 g/mol. The topological polar surface area (TPSA) is 90.3 Å². The predicted molar refractivity (Wildman–Crippen MR) is 83.4 cm³/mol. The van der Waals surface area contributed by atoms with Gasteiger partial charge in [0.1, 0.15) is 6.04 Å². The Morgan fingerprint density at radius 1 is 1.22 bits per heavy atom. The molecule has 2 rings (SSSR count). The van der Waals surface area contributed by atoms with Crippen molar-refractivity contribution >= 4 is 17.7 Å². The number of rotatable bonds is 6. The summed E-state index contributed by atoms with van der Waals surface area (Å²) in [6.45, 7) is 3.95. The summed E-state index contributed by atoms with van der Waals surface area (Å²) in [6.07, 6.45) is 0.553. The minimum atomic E-state index is -0.551. The summed E-state index contributed by atoms with van der Waals surface area (Å²) in [4.78, 5) is 37.3. The van der Waals surface area contributed by atoms with Crippen molar-refractivity contribution in [2.24, 2.45) is 5.92 Å². The molecule has 0 bridgehead atoms. The van der Waals surface area contributed by atoms with Gasteiger partial charge in [0, 0.05) is 13.0 Å². The largest absolute Gasteiger partial charge is 0.340 e. The first kappa shape index (κ1) is 16.7. The van der Waals surface area contributed by atoms with Crippen LogP contribution in [0.3, 0.4) is 0 Å². The number of carbonyl (C=O) groups excluding carboxylic acids is 3. The van der Waals surface area contributed by atoms with E-state index in [4.69, 9.17) is 5.26 Å². The zero-order chi connectivity index (χ0) is 17.0. The Kier molecular flexibility index (Phi) is 5.12. The number of hydrogen-bond donors (Lipinski definition) is 1. The lowest BCUT2D eigenvalue weighted by molar-refractivity contribution is -0.121. The normalized spacial score (nSPS) is 14.6. The van der Waals surface area contributed by atoms with Crippen LogP contribution in [0, 0.1) is 17.2 Å². The predicted octanol–water partition coefficient (Wildman–Crippen LogP) is 1.73. The van der Waals surface area contributed by atoms with Crippen molar-refractivity contribution in [1.82, 2.24) is 10.2 Å². The van der Waals surface area contributed by atoms with Crippen LogP contribution < -0.4 is 5.32 Å². The first-order valence-corrected chi connectivity index (χ1v) is 7.58. The maximum absolute atomic E-state index is 12.2. The van der Waals surface area contributed by atoms with Gasteiger partial charge >= 0.3 is 0 Å². The quantitative estimate of drug-likeness (QED) is 0.810. The molecule has 0 aromatic heterocycles. The van der Waals surface area contributed by atoms with Crippen LogP contribution in [0.2, 0.25) is 0 Å². The molecule has 0 spiro atoms. The molecule has 3 amide bonds. The van der Waals surface area contributed by atoms with Crippen molar-refractivity contribution in [2.75, 3.05) is 6.54 Å². The first-order chi connectivity index (χ1) is 10.9. The molecule has 1 aliphatic rings. The summed E-state index contributed by atoms with van der Waals surface area (Å²) >= 11 is 0. The zero-order valence-electron chi connectivity index (χ0n) is 13.2. The van der Waals surface area contributed by atoms with Gasteiger partial charge < -0.3 is 5.32 Å². The van der Waals surface area contributed by atoms with Gasteiger partial charge in [-0.05, 0) is 24.5 Å². The van der Waals surface area contributed by atoms with Gasteiger partial charge in [-0.2, -0.15) is 5.26 Å². The maximum Gasteiger partial charge on any atom is 0.261 e. The second-order valence-corrected chi connectivity index (χ2v) is 5.94. The molecule has 1 aliphatic heterocycles. The first-order valence-electron chi connectivity index (χ1n) is 7.58. The summed E-state index contributed by atoms with van der Waals surface area (Å²) < 4.78 is 0. The second kappa shape index (κ2) is 7.05. The number of nitriles is 1. The van der Waals surface area contributed by atoms with Gasteiger partial charge in [-0.3, -0.25) is 19.3 Å². The van der Waals surface area contributed by atoms with E-state index in [1.165, 1.54) is 0 Å². The third-order valence-corrected chi connectivity index (χ3v) is 3.64. The van der Waals surface area contributed by atoms with E-state index in [-0.39, 0.29) is 36.6 Å². The number of imide groups is 1. The van der Waals surface area contributed by atoms with Crippen molar-refractivity contribution in [3.05, 3.63) is 35.4 Å². The molecule has 0 saturated carbocycles. The molecule has 0 saturated heterocycles. The van der Waals surface area contributed by atoms with Gasteiger partial charge in [-0.1, -0.05) is 26.0 Å². The van der Waals surface area contributed by atoms with E-state index >= 15 is 0 Å². The highest BCUT2D eigenvalue weighted by Gasteiger charge is 2.35. The van der Waals surface area contributed by atoms with Crippen LogP contribution in [0.4, 0.5) is 0 Å². The summed E-state index contributed by atoms with van der Waals surface area (Å²) in [5.74, 6) is -0.806. The molecule has 1 aromatic carbocycles. The highest BCUT2D eigenvalue weighted by molar-refractivity contribution is 6.21. The number of nitrogens with one attached hydrogen (secondary N) is 1. The molecular formula is C17H19N3O3. The van der Waals surface area contributed by atoms with E-state index < -0.39 is 6.04 Å². The summed E-state index contributed by atoms with van der Waals surface area (Å²) in [5, 5.41) is 11.6. The third-order valence-electron chi connectivity index (χ3n) is 3.64. The molecule has 23 heavy (non-hydrogen) atoms. The third kappa shape index (κ3) is 3.75. The Balaban J connectivity index is 1.92. The number of benzene rings is 1. The molecule has 6 heteroatoms. The second-order valence-electron chi connectivity index (χ2n) is 5.94. The number of nitrogens with zero attached hydrogens (tertiary/aromatic N) is 2. The molecule has 1 atom stereocenters. The molecule has 120 valence electrons. The maximum atomic E-state index is 12.2.